The van der Waals surface area contributed by atoms with Gasteiger partial charge in [-0.05, 0) is 36.8 Å². The van der Waals surface area contributed by atoms with Crippen LogP contribution in [0.25, 0.3) is 0 Å². The number of carbonyl (C=O) groups excluding carboxylic acids is 1. The Hall–Kier alpha value is -2.57. The SMILES string of the molecule is COc1ccc(NC(=O)C2CC(c3ccccc3O)NN2)cc1. The van der Waals surface area contributed by atoms with Crippen LogP contribution in [0.3, 0.4) is 0 Å². The van der Waals surface area contributed by atoms with Crippen LogP contribution in [0.2, 0.25) is 0 Å². The van der Waals surface area contributed by atoms with E-state index in [0.717, 1.165) is 11.3 Å². The lowest BCUT2D eigenvalue weighted by atomic mass is 10.0. The van der Waals surface area contributed by atoms with E-state index in [0.29, 0.717) is 12.1 Å². The molecule has 0 aliphatic carbocycles. The summed E-state index contributed by atoms with van der Waals surface area (Å²) in [4.78, 5) is 12.3. The van der Waals surface area contributed by atoms with Crippen LogP contribution in [-0.4, -0.2) is 24.2 Å². The second kappa shape index (κ2) is 6.68. The van der Waals surface area contributed by atoms with Gasteiger partial charge in [-0.3, -0.25) is 4.79 Å². The van der Waals surface area contributed by atoms with Gasteiger partial charge in [0.05, 0.1) is 13.2 Å². The Morgan fingerprint density at radius 3 is 2.61 bits per heavy atom. The quantitative estimate of drug-likeness (QED) is 0.693. The van der Waals surface area contributed by atoms with Crippen molar-refractivity contribution < 1.29 is 14.6 Å². The summed E-state index contributed by atoms with van der Waals surface area (Å²) in [6, 6.07) is 13.8. The number of phenolic OH excluding ortho intramolecular Hbond substituents is 1. The van der Waals surface area contributed by atoms with Crippen molar-refractivity contribution in [1.29, 1.82) is 0 Å². The highest BCUT2D eigenvalue weighted by molar-refractivity contribution is 5.95. The zero-order valence-corrected chi connectivity index (χ0v) is 12.7. The van der Waals surface area contributed by atoms with Gasteiger partial charge >= 0.3 is 0 Å². The molecule has 120 valence electrons. The molecule has 2 aromatic carbocycles. The largest absolute Gasteiger partial charge is 0.508 e. The maximum atomic E-state index is 12.3. The molecule has 3 rings (SSSR count). The smallest absolute Gasteiger partial charge is 0.242 e. The van der Waals surface area contributed by atoms with Crippen LogP contribution < -0.4 is 20.9 Å². The predicted molar refractivity (Wildman–Crippen MR) is 87.1 cm³/mol. The molecule has 2 unspecified atom stereocenters. The summed E-state index contributed by atoms with van der Waals surface area (Å²) in [7, 11) is 1.60. The second-order valence-electron chi connectivity index (χ2n) is 5.41. The number of hydrogen-bond acceptors (Lipinski definition) is 5. The number of anilines is 1. The molecule has 0 aromatic heterocycles. The number of amides is 1. The fraction of sp³-hybridized carbons (Fsp3) is 0.235. The van der Waals surface area contributed by atoms with E-state index in [4.69, 9.17) is 4.74 Å². The maximum Gasteiger partial charge on any atom is 0.242 e. The molecule has 23 heavy (non-hydrogen) atoms. The molecule has 1 heterocycles. The van der Waals surface area contributed by atoms with Gasteiger partial charge in [-0.1, -0.05) is 18.2 Å². The zero-order chi connectivity index (χ0) is 16.2. The number of nitrogens with one attached hydrogen (secondary N) is 3. The van der Waals surface area contributed by atoms with Crippen molar-refractivity contribution in [2.24, 2.45) is 0 Å². The van der Waals surface area contributed by atoms with E-state index in [2.05, 4.69) is 16.2 Å². The first-order valence-electron chi connectivity index (χ1n) is 7.41. The minimum absolute atomic E-state index is 0.109. The fourth-order valence-corrected chi connectivity index (χ4v) is 2.62. The van der Waals surface area contributed by atoms with Crippen molar-refractivity contribution in [2.45, 2.75) is 18.5 Å². The van der Waals surface area contributed by atoms with E-state index < -0.39 is 0 Å². The number of carbonyl (C=O) groups is 1. The first kappa shape index (κ1) is 15.3. The molecule has 2 aromatic rings. The molecule has 2 atom stereocenters. The normalized spacial score (nSPS) is 20.2. The molecule has 1 aliphatic rings. The van der Waals surface area contributed by atoms with E-state index >= 15 is 0 Å². The minimum Gasteiger partial charge on any atom is -0.508 e. The number of rotatable bonds is 4. The highest BCUT2D eigenvalue weighted by Crippen LogP contribution is 2.29. The lowest BCUT2D eigenvalue weighted by Gasteiger charge is -2.12. The van der Waals surface area contributed by atoms with Gasteiger partial charge in [0.2, 0.25) is 5.91 Å². The van der Waals surface area contributed by atoms with Crippen LogP contribution in [0.4, 0.5) is 5.69 Å². The van der Waals surface area contributed by atoms with E-state index in [9.17, 15) is 9.90 Å². The monoisotopic (exact) mass is 313 g/mol. The molecular weight excluding hydrogens is 294 g/mol. The zero-order valence-electron chi connectivity index (χ0n) is 12.7. The summed E-state index contributed by atoms with van der Waals surface area (Å²) in [5.74, 6) is 0.840. The van der Waals surface area contributed by atoms with Crippen molar-refractivity contribution in [2.75, 3.05) is 12.4 Å². The maximum absolute atomic E-state index is 12.3. The van der Waals surface area contributed by atoms with E-state index in [-0.39, 0.29) is 23.7 Å². The Morgan fingerprint density at radius 2 is 1.91 bits per heavy atom. The topological polar surface area (TPSA) is 82.6 Å². The molecular formula is C17H19N3O3. The number of hydrazine groups is 1. The van der Waals surface area contributed by atoms with Crippen LogP contribution in [0.1, 0.15) is 18.0 Å². The Balaban J connectivity index is 1.62. The van der Waals surface area contributed by atoms with Crippen LogP contribution >= 0.6 is 0 Å². The predicted octanol–water partition coefficient (Wildman–Crippen LogP) is 1.95. The van der Waals surface area contributed by atoms with Gasteiger partial charge in [-0.2, -0.15) is 0 Å². The average molecular weight is 313 g/mol. The van der Waals surface area contributed by atoms with Gasteiger partial charge in [-0.25, -0.2) is 10.9 Å². The molecule has 6 heteroatoms. The van der Waals surface area contributed by atoms with Crippen LogP contribution in [0.15, 0.2) is 48.5 Å². The van der Waals surface area contributed by atoms with Crippen molar-refractivity contribution >= 4 is 11.6 Å². The lowest BCUT2D eigenvalue weighted by Crippen LogP contribution is -2.39. The molecule has 6 nitrogen and oxygen atoms in total. The average Bonchev–Trinajstić information content (AvgIpc) is 3.06. The van der Waals surface area contributed by atoms with Crippen molar-refractivity contribution in [3.63, 3.8) is 0 Å². The van der Waals surface area contributed by atoms with Gasteiger partial charge < -0.3 is 15.2 Å². The molecule has 1 saturated heterocycles. The molecule has 0 spiro atoms. The number of para-hydroxylation sites is 1. The highest BCUT2D eigenvalue weighted by atomic mass is 16.5. The third-order valence-corrected chi connectivity index (χ3v) is 3.89. The molecule has 0 radical (unpaired) electrons. The Morgan fingerprint density at radius 1 is 1.17 bits per heavy atom. The molecule has 0 bridgehead atoms. The highest BCUT2D eigenvalue weighted by Gasteiger charge is 2.31. The van der Waals surface area contributed by atoms with Gasteiger partial charge in [0.1, 0.15) is 17.5 Å². The molecule has 1 fully saturated rings. The van der Waals surface area contributed by atoms with Gasteiger partial charge in [0.15, 0.2) is 0 Å². The number of phenols is 1. The van der Waals surface area contributed by atoms with Gasteiger partial charge in [0.25, 0.3) is 0 Å². The Labute approximate surface area is 134 Å². The van der Waals surface area contributed by atoms with Crippen molar-refractivity contribution in [3.8, 4) is 11.5 Å². The van der Waals surface area contributed by atoms with E-state index in [1.165, 1.54) is 0 Å². The van der Waals surface area contributed by atoms with Gasteiger partial charge in [-0.15, -0.1) is 0 Å². The van der Waals surface area contributed by atoms with Crippen LogP contribution in [-0.2, 0) is 4.79 Å². The number of benzene rings is 2. The standard InChI is InChI=1S/C17H19N3O3/c1-23-12-8-6-11(7-9-12)18-17(22)15-10-14(19-20-15)13-4-2-3-5-16(13)21/h2-9,14-15,19-21H,10H2,1H3,(H,18,22). The summed E-state index contributed by atoms with van der Waals surface area (Å²) in [5, 5.41) is 12.8. The number of hydrogen-bond donors (Lipinski definition) is 4. The van der Waals surface area contributed by atoms with Crippen LogP contribution in [0.5, 0.6) is 11.5 Å². The fourth-order valence-electron chi connectivity index (χ4n) is 2.62. The number of methoxy groups -OCH3 is 1. The summed E-state index contributed by atoms with van der Waals surface area (Å²) in [6.45, 7) is 0. The molecule has 4 N–H and O–H groups in total. The third kappa shape index (κ3) is 3.44. The summed E-state index contributed by atoms with van der Waals surface area (Å²) in [6.07, 6.45) is 0.555. The minimum atomic E-state index is -0.373. The molecule has 1 amide bonds. The first-order chi connectivity index (χ1) is 11.2. The Bertz CT molecular complexity index is 688. The summed E-state index contributed by atoms with van der Waals surface area (Å²) >= 11 is 0. The molecule has 1 aliphatic heterocycles. The van der Waals surface area contributed by atoms with E-state index in [1.807, 2.05) is 12.1 Å². The third-order valence-electron chi connectivity index (χ3n) is 3.89. The molecule has 0 saturated carbocycles. The first-order valence-corrected chi connectivity index (χ1v) is 7.41. The number of aromatic hydroxyl groups is 1. The summed E-state index contributed by atoms with van der Waals surface area (Å²) < 4.78 is 5.09. The number of ether oxygens (including phenoxy) is 1. The second-order valence-corrected chi connectivity index (χ2v) is 5.41. The summed E-state index contributed by atoms with van der Waals surface area (Å²) in [5.41, 5.74) is 7.52. The van der Waals surface area contributed by atoms with Crippen LogP contribution in [0, 0.1) is 0 Å². The Kier molecular flexibility index (Phi) is 4.45. The van der Waals surface area contributed by atoms with Crippen molar-refractivity contribution in [3.05, 3.63) is 54.1 Å². The lowest BCUT2D eigenvalue weighted by molar-refractivity contribution is -0.117. The van der Waals surface area contributed by atoms with E-state index in [1.54, 1.807) is 43.5 Å². The van der Waals surface area contributed by atoms with Crippen molar-refractivity contribution in [1.82, 2.24) is 10.9 Å². The van der Waals surface area contributed by atoms with Gasteiger partial charge in [0, 0.05) is 11.3 Å².